The maximum Gasteiger partial charge on any atom is 0.416 e. The van der Waals surface area contributed by atoms with Crippen LogP contribution in [-0.2, 0) is 10.9 Å². The van der Waals surface area contributed by atoms with Crippen molar-refractivity contribution in [1.82, 2.24) is 4.90 Å². The molecule has 3 aromatic rings. The van der Waals surface area contributed by atoms with Gasteiger partial charge in [0.2, 0.25) is 0 Å². The standard InChI is InChI=1S/C28H30F3N3O2/c1-2-36-20-19-33-15-17-34(18-16-33)24-13-11-23(12-14-24)32-27(35)26-6-4-3-5-25(26)21-7-9-22(10-8-21)28(29,30)31/h3-14H,2,15-20H2,1H3,(H,32,35). The fraction of sp³-hybridized carbons (Fsp3) is 0.321. The molecule has 1 saturated heterocycles. The van der Waals surface area contributed by atoms with Crippen LogP contribution in [0.2, 0.25) is 0 Å². The number of ether oxygens (including phenoxy) is 1. The molecule has 0 radical (unpaired) electrons. The molecule has 4 rings (SSSR count). The van der Waals surface area contributed by atoms with E-state index in [1.165, 1.54) is 12.1 Å². The van der Waals surface area contributed by atoms with Crippen LogP contribution in [0.5, 0.6) is 0 Å². The minimum absolute atomic E-state index is 0.318. The number of piperazine rings is 1. The van der Waals surface area contributed by atoms with Gasteiger partial charge < -0.3 is 15.0 Å². The first-order valence-corrected chi connectivity index (χ1v) is 12.1. The lowest BCUT2D eigenvalue weighted by Crippen LogP contribution is -2.47. The molecule has 0 saturated carbocycles. The van der Waals surface area contributed by atoms with Crippen LogP contribution in [0, 0.1) is 0 Å². The molecule has 190 valence electrons. The van der Waals surface area contributed by atoms with E-state index in [1.807, 2.05) is 31.2 Å². The average Bonchev–Trinajstić information content (AvgIpc) is 2.89. The normalized spacial score (nSPS) is 14.6. The van der Waals surface area contributed by atoms with Gasteiger partial charge in [0, 0.05) is 56.3 Å². The molecule has 1 N–H and O–H groups in total. The highest BCUT2D eigenvalue weighted by molar-refractivity contribution is 6.08. The van der Waals surface area contributed by atoms with Crippen molar-refractivity contribution in [2.45, 2.75) is 13.1 Å². The zero-order valence-electron chi connectivity index (χ0n) is 20.2. The van der Waals surface area contributed by atoms with Gasteiger partial charge in [-0.25, -0.2) is 0 Å². The number of amides is 1. The summed E-state index contributed by atoms with van der Waals surface area (Å²) >= 11 is 0. The van der Waals surface area contributed by atoms with Crippen LogP contribution < -0.4 is 10.2 Å². The van der Waals surface area contributed by atoms with Gasteiger partial charge in [0.1, 0.15) is 0 Å². The molecular formula is C28H30F3N3O2. The van der Waals surface area contributed by atoms with Crippen molar-refractivity contribution in [3.8, 4) is 11.1 Å². The Labute approximate surface area is 209 Å². The SMILES string of the molecule is CCOCCN1CCN(c2ccc(NC(=O)c3ccccc3-c3ccc(C(F)(F)F)cc3)cc2)CC1. The number of alkyl halides is 3. The molecule has 1 heterocycles. The van der Waals surface area contributed by atoms with Crippen molar-refractivity contribution in [2.75, 3.05) is 56.2 Å². The summed E-state index contributed by atoms with van der Waals surface area (Å²) in [4.78, 5) is 17.8. The van der Waals surface area contributed by atoms with E-state index in [2.05, 4.69) is 15.1 Å². The smallest absolute Gasteiger partial charge is 0.380 e. The monoisotopic (exact) mass is 497 g/mol. The van der Waals surface area contributed by atoms with Crippen molar-refractivity contribution in [3.05, 3.63) is 83.9 Å². The number of rotatable bonds is 8. The fourth-order valence-corrected chi connectivity index (χ4v) is 4.29. The number of hydrogen-bond acceptors (Lipinski definition) is 4. The predicted octanol–water partition coefficient (Wildman–Crippen LogP) is 5.78. The number of hydrogen-bond donors (Lipinski definition) is 1. The minimum atomic E-state index is -4.40. The molecule has 0 aliphatic carbocycles. The summed E-state index contributed by atoms with van der Waals surface area (Å²) in [5, 5.41) is 2.91. The zero-order chi connectivity index (χ0) is 25.5. The van der Waals surface area contributed by atoms with E-state index in [4.69, 9.17) is 4.74 Å². The van der Waals surface area contributed by atoms with E-state index in [0.29, 0.717) is 22.4 Å². The number of benzene rings is 3. The van der Waals surface area contributed by atoms with Gasteiger partial charge in [0.05, 0.1) is 12.2 Å². The molecule has 0 atom stereocenters. The molecule has 8 heteroatoms. The largest absolute Gasteiger partial charge is 0.416 e. The quantitative estimate of drug-likeness (QED) is 0.401. The maximum atomic E-state index is 13.0. The minimum Gasteiger partial charge on any atom is -0.380 e. The van der Waals surface area contributed by atoms with E-state index in [1.54, 1.807) is 24.3 Å². The van der Waals surface area contributed by atoms with E-state index in [0.717, 1.165) is 63.8 Å². The Kier molecular flexibility index (Phi) is 8.28. The first-order chi connectivity index (χ1) is 17.3. The Morgan fingerprint density at radius 2 is 1.58 bits per heavy atom. The maximum absolute atomic E-state index is 13.0. The molecule has 1 aliphatic rings. The van der Waals surface area contributed by atoms with Gasteiger partial charge in [-0.3, -0.25) is 9.69 Å². The molecule has 1 aliphatic heterocycles. The lowest BCUT2D eigenvalue weighted by Gasteiger charge is -2.36. The van der Waals surface area contributed by atoms with Crippen LogP contribution in [-0.4, -0.2) is 56.7 Å². The second-order valence-corrected chi connectivity index (χ2v) is 8.65. The van der Waals surface area contributed by atoms with Gasteiger partial charge in [-0.2, -0.15) is 13.2 Å². The third kappa shape index (κ3) is 6.44. The Hall–Kier alpha value is -3.36. The molecule has 0 aromatic heterocycles. The molecule has 5 nitrogen and oxygen atoms in total. The van der Waals surface area contributed by atoms with E-state index >= 15 is 0 Å². The van der Waals surface area contributed by atoms with Crippen LogP contribution in [0.15, 0.2) is 72.8 Å². The van der Waals surface area contributed by atoms with Gasteiger partial charge in [-0.1, -0.05) is 30.3 Å². The number of halogens is 3. The van der Waals surface area contributed by atoms with E-state index in [-0.39, 0.29) is 5.91 Å². The Bertz CT molecular complexity index is 1140. The lowest BCUT2D eigenvalue weighted by atomic mass is 9.98. The van der Waals surface area contributed by atoms with E-state index in [9.17, 15) is 18.0 Å². The van der Waals surface area contributed by atoms with Crippen molar-refractivity contribution in [3.63, 3.8) is 0 Å². The number of carbonyl (C=O) groups excluding carboxylic acids is 1. The van der Waals surface area contributed by atoms with Crippen LogP contribution in [0.1, 0.15) is 22.8 Å². The van der Waals surface area contributed by atoms with Crippen LogP contribution in [0.25, 0.3) is 11.1 Å². The Morgan fingerprint density at radius 1 is 0.917 bits per heavy atom. The summed E-state index contributed by atoms with van der Waals surface area (Å²) in [6.07, 6.45) is -4.40. The van der Waals surface area contributed by atoms with Gasteiger partial charge in [-0.05, 0) is 60.5 Å². The van der Waals surface area contributed by atoms with Crippen molar-refractivity contribution in [2.24, 2.45) is 0 Å². The van der Waals surface area contributed by atoms with Crippen LogP contribution in [0.3, 0.4) is 0 Å². The summed E-state index contributed by atoms with van der Waals surface area (Å²) in [6.45, 7) is 8.26. The number of nitrogens with zero attached hydrogens (tertiary/aromatic N) is 2. The lowest BCUT2D eigenvalue weighted by molar-refractivity contribution is -0.137. The molecule has 3 aromatic carbocycles. The van der Waals surface area contributed by atoms with Gasteiger partial charge >= 0.3 is 6.18 Å². The average molecular weight is 498 g/mol. The first kappa shape index (κ1) is 25.7. The molecule has 0 spiro atoms. The highest BCUT2D eigenvalue weighted by atomic mass is 19.4. The number of anilines is 2. The molecular weight excluding hydrogens is 467 g/mol. The molecule has 1 fully saturated rings. The van der Waals surface area contributed by atoms with Crippen LogP contribution in [0.4, 0.5) is 24.5 Å². The fourth-order valence-electron chi connectivity index (χ4n) is 4.29. The second-order valence-electron chi connectivity index (χ2n) is 8.65. The van der Waals surface area contributed by atoms with E-state index < -0.39 is 11.7 Å². The Balaban J connectivity index is 1.39. The van der Waals surface area contributed by atoms with Gasteiger partial charge in [-0.15, -0.1) is 0 Å². The second kappa shape index (κ2) is 11.6. The molecule has 0 unspecified atom stereocenters. The third-order valence-electron chi connectivity index (χ3n) is 6.31. The summed E-state index contributed by atoms with van der Waals surface area (Å²) in [6, 6.07) is 19.5. The van der Waals surface area contributed by atoms with Crippen molar-refractivity contribution >= 4 is 17.3 Å². The summed E-state index contributed by atoms with van der Waals surface area (Å²) in [5.41, 5.74) is 2.54. The van der Waals surface area contributed by atoms with Crippen molar-refractivity contribution < 1.29 is 22.7 Å². The summed E-state index contributed by atoms with van der Waals surface area (Å²) in [7, 11) is 0. The third-order valence-corrected chi connectivity index (χ3v) is 6.31. The molecule has 0 bridgehead atoms. The van der Waals surface area contributed by atoms with Gasteiger partial charge in [0.25, 0.3) is 5.91 Å². The van der Waals surface area contributed by atoms with Crippen LogP contribution >= 0.6 is 0 Å². The highest BCUT2D eigenvalue weighted by Gasteiger charge is 2.30. The van der Waals surface area contributed by atoms with Gasteiger partial charge in [0.15, 0.2) is 0 Å². The predicted molar refractivity (Wildman–Crippen MR) is 136 cm³/mol. The summed E-state index contributed by atoms with van der Waals surface area (Å²) in [5.74, 6) is -0.318. The summed E-state index contributed by atoms with van der Waals surface area (Å²) < 4.78 is 44.2. The molecule has 36 heavy (non-hydrogen) atoms. The van der Waals surface area contributed by atoms with Crippen molar-refractivity contribution in [1.29, 1.82) is 0 Å². The number of nitrogens with one attached hydrogen (secondary N) is 1. The first-order valence-electron chi connectivity index (χ1n) is 12.1. The molecule has 1 amide bonds. The zero-order valence-corrected chi connectivity index (χ0v) is 20.2. The number of carbonyl (C=O) groups is 1. The Morgan fingerprint density at radius 3 is 2.22 bits per heavy atom. The highest BCUT2D eigenvalue weighted by Crippen LogP contribution is 2.32. The topological polar surface area (TPSA) is 44.8 Å².